The van der Waals surface area contributed by atoms with Crippen LogP contribution in [0.5, 0.6) is 11.5 Å². The van der Waals surface area contributed by atoms with E-state index in [-0.39, 0.29) is 11.9 Å². The number of rotatable bonds is 6. The highest BCUT2D eigenvalue weighted by Crippen LogP contribution is 2.32. The minimum Gasteiger partial charge on any atom is -0.489 e. The molecule has 0 heterocycles. The first kappa shape index (κ1) is 13.5. The van der Waals surface area contributed by atoms with Crippen molar-refractivity contribution in [2.45, 2.75) is 45.1 Å². The van der Waals surface area contributed by atoms with Crippen LogP contribution < -0.4 is 9.47 Å². The zero-order valence-corrected chi connectivity index (χ0v) is 11.9. The molecule has 2 aliphatic rings. The monoisotopic (exact) mass is 276 g/mol. The fourth-order valence-electron chi connectivity index (χ4n) is 2.23. The molecule has 2 nitrogen and oxygen atoms in total. The van der Waals surface area contributed by atoms with E-state index in [1.54, 1.807) is 19.1 Å². The molecule has 0 unspecified atom stereocenters. The maximum atomic E-state index is 14.2. The molecule has 0 radical (unpaired) electrons. The molecule has 1 aromatic rings. The molecule has 3 rings (SSSR count). The fraction of sp³-hybridized carbons (Fsp3) is 0.529. The quantitative estimate of drug-likeness (QED) is 0.716. The molecule has 0 amide bonds. The van der Waals surface area contributed by atoms with Gasteiger partial charge in [-0.05, 0) is 57.1 Å². The summed E-state index contributed by atoms with van der Waals surface area (Å²) >= 11 is 0. The van der Waals surface area contributed by atoms with Crippen molar-refractivity contribution in [1.82, 2.24) is 0 Å². The summed E-state index contributed by atoms with van der Waals surface area (Å²) in [6.07, 6.45) is 10.2. The van der Waals surface area contributed by atoms with Crippen molar-refractivity contribution in [1.29, 1.82) is 0 Å². The topological polar surface area (TPSA) is 18.5 Å². The molecule has 0 atom stereocenters. The molecule has 2 aliphatic carbocycles. The van der Waals surface area contributed by atoms with Crippen LogP contribution in [0.3, 0.4) is 0 Å². The Hall–Kier alpha value is -1.51. The summed E-state index contributed by atoms with van der Waals surface area (Å²) in [5, 5.41) is 0. The van der Waals surface area contributed by atoms with Crippen LogP contribution in [0.1, 0.15) is 37.7 Å². The first-order valence-electron chi connectivity index (χ1n) is 7.49. The lowest BCUT2D eigenvalue weighted by Gasteiger charge is -2.27. The van der Waals surface area contributed by atoms with E-state index < -0.39 is 0 Å². The van der Waals surface area contributed by atoms with Gasteiger partial charge in [-0.15, -0.1) is 0 Å². The molecular formula is C17H21FO2. The zero-order chi connectivity index (χ0) is 13.9. The molecule has 0 saturated heterocycles. The van der Waals surface area contributed by atoms with E-state index >= 15 is 0 Å². The summed E-state index contributed by atoms with van der Waals surface area (Å²) in [6, 6.07) is 3.48. The Balaban J connectivity index is 1.60. The van der Waals surface area contributed by atoms with Gasteiger partial charge in [0, 0.05) is 5.56 Å². The third-order valence-electron chi connectivity index (χ3n) is 4.01. The van der Waals surface area contributed by atoms with E-state index in [0.29, 0.717) is 23.7 Å². The Morgan fingerprint density at radius 2 is 1.95 bits per heavy atom. The SMILES string of the molecule is Cc1c(OC/C=C/C2CC2)ccc(OC2CCC2)c1F. The summed E-state index contributed by atoms with van der Waals surface area (Å²) in [4.78, 5) is 0. The van der Waals surface area contributed by atoms with Crippen LogP contribution in [-0.2, 0) is 0 Å². The van der Waals surface area contributed by atoms with Crippen molar-refractivity contribution in [3.05, 3.63) is 35.7 Å². The average molecular weight is 276 g/mol. The lowest BCUT2D eigenvalue weighted by atomic mass is 9.96. The summed E-state index contributed by atoms with van der Waals surface area (Å²) in [7, 11) is 0. The summed E-state index contributed by atoms with van der Waals surface area (Å²) in [5.41, 5.74) is 0.529. The van der Waals surface area contributed by atoms with Gasteiger partial charge in [-0.25, -0.2) is 4.39 Å². The van der Waals surface area contributed by atoms with Gasteiger partial charge in [0.15, 0.2) is 11.6 Å². The van der Waals surface area contributed by atoms with Gasteiger partial charge in [0.2, 0.25) is 0 Å². The number of allylic oxidation sites excluding steroid dienone is 1. The minimum atomic E-state index is -0.291. The van der Waals surface area contributed by atoms with Crippen LogP contribution in [0.25, 0.3) is 0 Å². The van der Waals surface area contributed by atoms with Gasteiger partial charge in [-0.2, -0.15) is 0 Å². The third-order valence-corrected chi connectivity index (χ3v) is 4.01. The molecule has 0 spiro atoms. The molecule has 0 bridgehead atoms. The van der Waals surface area contributed by atoms with Gasteiger partial charge >= 0.3 is 0 Å². The lowest BCUT2D eigenvalue weighted by molar-refractivity contribution is 0.114. The van der Waals surface area contributed by atoms with Crippen LogP contribution in [0, 0.1) is 18.7 Å². The van der Waals surface area contributed by atoms with Gasteiger partial charge in [-0.1, -0.05) is 12.2 Å². The molecular weight excluding hydrogens is 255 g/mol. The van der Waals surface area contributed by atoms with Crippen molar-refractivity contribution in [3.8, 4) is 11.5 Å². The van der Waals surface area contributed by atoms with E-state index in [1.165, 1.54) is 19.3 Å². The smallest absolute Gasteiger partial charge is 0.171 e. The molecule has 2 fully saturated rings. The fourth-order valence-corrected chi connectivity index (χ4v) is 2.23. The molecule has 20 heavy (non-hydrogen) atoms. The van der Waals surface area contributed by atoms with Gasteiger partial charge in [-0.3, -0.25) is 0 Å². The van der Waals surface area contributed by atoms with Crippen LogP contribution in [0.15, 0.2) is 24.3 Å². The van der Waals surface area contributed by atoms with Crippen molar-refractivity contribution >= 4 is 0 Å². The highest BCUT2D eigenvalue weighted by molar-refractivity contribution is 5.41. The lowest BCUT2D eigenvalue weighted by Crippen LogP contribution is -2.25. The zero-order valence-electron chi connectivity index (χ0n) is 11.9. The van der Waals surface area contributed by atoms with E-state index in [9.17, 15) is 4.39 Å². The first-order valence-corrected chi connectivity index (χ1v) is 7.49. The molecule has 1 aromatic carbocycles. The van der Waals surface area contributed by atoms with E-state index in [2.05, 4.69) is 6.08 Å². The first-order chi connectivity index (χ1) is 9.74. The van der Waals surface area contributed by atoms with E-state index in [1.807, 2.05) is 6.08 Å². The van der Waals surface area contributed by atoms with Gasteiger partial charge in [0.1, 0.15) is 12.4 Å². The predicted octanol–water partition coefficient (Wildman–Crippen LogP) is 4.41. The van der Waals surface area contributed by atoms with Crippen molar-refractivity contribution in [2.75, 3.05) is 6.61 Å². The second kappa shape index (κ2) is 5.86. The molecule has 2 saturated carbocycles. The van der Waals surface area contributed by atoms with Gasteiger partial charge in [0.05, 0.1) is 6.10 Å². The Morgan fingerprint density at radius 3 is 2.60 bits per heavy atom. The molecule has 0 aromatic heterocycles. The van der Waals surface area contributed by atoms with E-state index in [4.69, 9.17) is 9.47 Å². The number of hydrogen-bond donors (Lipinski definition) is 0. The van der Waals surface area contributed by atoms with Crippen molar-refractivity contribution in [2.24, 2.45) is 5.92 Å². The molecule has 3 heteroatoms. The van der Waals surface area contributed by atoms with Crippen LogP contribution >= 0.6 is 0 Å². The number of hydrogen-bond acceptors (Lipinski definition) is 2. The molecule has 0 aliphatic heterocycles. The highest BCUT2D eigenvalue weighted by Gasteiger charge is 2.22. The Labute approximate surface area is 119 Å². The number of benzene rings is 1. The molecule has 108 valence electrons. The Morgan fingerprint density at radius 1 is 1.20 bits per heavy atom. The Bertz CT molecular complexity index is 502. The normalized spacial score (nSPS) is 19.1. The third kappa shape index (κ3) is 3.14. The minimum absolute atomic E-state index is 0.192. The number of ether oxygens (including phenoxy) is 2. The maximum Gasteiger partial charge on any atom is 0.171 e. The summed E-state index contributed by atoms with van der Waals surface area (Å²) in [5.74, 6) is 1.41. The molecule has 0 N–H and O–H groups in total. The maximum absolute atomic E-state index is 14.2. The Kier molecular flexibility index (Phi) is 3.95. The average Bonchev–Trinajstić information content (AvgIpc) is 3.20. The number of halogens is 1. The van der Waals surface area contributed by atoms with Crippen LogP contribution in [0.4, 0.5) is 4.39 Å². The van der Waals surface area contributed by atoms with Gasteiger partial charge in [0.25, 0.3) is 0 Å². The second-order valence-electron chi connectivity index (χ2n) is 5.75. The summed E-state index contributed by atoms with van der Waals surface area (Å²) < 4.78 is 25.5. The van der Waals surface area contributed by atoms with Crippen molar-refractivity contribution in [3.63, 3.8) is 0 Å². The standard InChI is InChI=1S/C17H21FO2/c1-12-15(19-11-3-4-13-7-8-13)9-10-16(17(12)18)20-14-5-2-6-14/h3-4,9-10,13-14H,2,5-8,11H2,1H3/b4-3+. The largest absolute Gasteiger partial charge is 0.489 e. The highest BCUT2D eigenvalue weighted by atomic mass is 19.1. The van der Waals surface area contributed by atoms with E-state index in [0.717, 1.165) is 18.8 Å². The van der Waals surface area contributed by atoms with Crippen molar-refractivity contribution < 1.29 is 13.9 Å². The predicted molar refractivity (Wildman–Crippen MR) is 76.8 cm³/mol. The second-order valence-corrected chi connectivity index (χ2v) is 5.75. The van der Waals surface area contributed by atoms with Crippen LogP contribution in [0.2, 0.25) is 0 Å². The van der Waals surface area contributed by atoms with Gasteiger partial charge < -0.3 is 9.47 Å². The van der Waals surface area contributed by atoms with Crippen LogP contribution in [-0.4, -0.2) is 12.7 Å². The summed E-state index contributed by atoms with van der Waals surface area (Å²) in [6.45, 7) is 2.24.